The molecule has 1 aromatic heterocycles. The second kappa shape index (κ2) is 6.91. The van der Waals surface area contributed by atoms with Gasteiger partial charge in [0.05, 0.1) is 13.2 Å². The van der Waals surface area contributed by atoms with Crippen molar-refractivity contribution in [3.8, 4) is 22.9 Å². The maximum atomic E-state index is 5.59. The number of nitrogens with zero attached hydrogens (tertiary/aromatic N) is 2. The van der Waals surface area contributed by atoms with Crippen LogP contribution in [0.5, 0.6) is 11.5 Å². The quantitative estimate of drug-likeness (QED) is 0.841. The van der Waals surface area contributed by atoms with E-state index in [9.17, 15) is 0 Å². The number of benzene rings is 1. The van der Waals surface area contributed by atoms with Crippen molar-refractivity contribution in [2.24, 2.45) is 0 Å². The van der Waals surface area contributed by atoms with E-state index in [4.69, 9.17) is 14.2 Å². The second-order valence-electron chi connectivity index (χ2n) is 4.07. The highest BCUT2D eigenvalue weighted by atomic mass is 16.5. The number of aromatic nitrogens is 3. The summed E-state index contributed by atoms with van der Waals surface area (Å²) in [5.41, 5.74) is 0.871. The minimum atomic E-state index is 0.405. The molecule has 6 heteroatoms. The summed E-state index contributed by atoms with van der Waals surface area (Å²) in [5, 5.41) is 7.01. The molecule has 0 amide bonds. The molecular formula is C14H19N3O3. The molecule has 0 atom stereocenters. The molecule has 0 saturated heterocycles. The van der Waals surface area contributed by atoms with E-state index in [2.05, 4.69) is 15.2 Å². The first kappa shape index (κ1) is 14.3. The molecule has 1 aromatic carbocycles. The molecule has 0 unspecified atom stereocenters. The summed E-state index contributed by atoms with van der Waals surface area (Å²) in [6.45, 7) is 5.45. The van der Waals surface area contributed by atoms with Crippen molar-refractivity contribution in [3.05, 3.63) is 24.0 Å². The number of ether oxygens (including phenoxy) is 3. The van der Waals surface area contributed by atoms with Gasteiger partial charge < -0.3 is 14.2 Å². The fourth-order valence-electron chi connectivity index (χ4n) is 1.82. The van der Waals surface area contributed by atoms with Gasteiger partial charge in [-0.1, -0.05) is 0 Å². The lowest BCUT2D eigenvalue weighted by Crippen LogP contribution is -1.98. The van der Waals surface area contributed by atoms with E-state index in [-0.39, 0.29) is 0 Å². The number of hydrogen-bond donors (Lipinski definition) is 1. The van der Waals surface area contributed by atoms with Gasteiger partial charge in [0, 0.05) is 12.7 Å². The molecule has 0 fully saturated rings. The summed E-state index contributed by atoms with van der Waals surface area (Å²) in [4.78, 5) is 4.36. The normalized spacial score (nSPS) is 10.6. The van der Waals surface area contributed by atoms with Gasteiger partial charge in [0.25, 0.3) is 0 Å². The Morgan fingerprint density at radius 2 is 1.85 bits per heavy atom. The summed E-state index contributed by atoms with van der Waals surface area (Å²) < 4.78 is 16.1. The molecule has 0 radical (unpaired) electrons. The smallest absolute Gasteiger partial charge is 0.181 e. The fourth-order valence-corrected chi connectivity index (χ4v) is 1.82. The van der Waals surface area contributed by atoms with Gasteiger partial charge in [0.15, 0.2) is 23.1 Å². The lowest BCUT2D eigenvalue weighted by atomic mass is 10.2. The molecule has 2 rings (SSSR count). The third-order valence-electron chi connectivity index (χ3n) is 2.61. The van der Waals surface area contributed by atoms with Crippen LogP contribution in [0.3, 0.4) is 0 Å². The van der Waals surface area contributed by atoms with E-state index >= 15 is 0 Å². The molecule has 1 heterocycles. The van der Waals surface area contributed by atoms with Gasteiger partial charge in [-0.3, -0.25) is 5.10 Å². The Balaban J connectivity index is 2.28. The van der Waals surface area contributed by atoms with Crippen LogP contribution in [0.15, 0.2) is 18.2 Å². The van der Waals surface area contributed by atoms with Crippen LogP contribution in [-0.4, -0.2) is 35.5 Å². The predicted molar refractivity (Wildman–Crippen MR) is 74.9 cm³/mol. The number of methoxy groups -OCH3 is 1. The largest absolute Gasteiger partial charge is 0.490 e. The Morgan fingerprint density at radius 3 is 2.55 bits per heavy atom. The van der Waals surface area contributed by atoms with E-state index in [0.717, 1.165) is 11.3 Å². The fraction of sp³-hybridized carbons (Fsp3) is 0.429. The predicted octanol–water partition coefficient (Wildman–Crippen LogP) is 2.42. The number of hydrogen-bond acceptors (Lipinski definition) is 5. The SMILES string of the molecule is CCOc1ccc(-c2n[nH]c(COC)n2)cc1OCC. The first-order valence-corrected chi connectivity index (χ1v) is 6.58. The van der Waals surface area contributed by atoms with Crippen LogP contribution < -0.4 is 9.47 Å². The van der Waals surface area contributed by atoms with Gasteiger partial charge in [-0.05, 0) is 32.0 Å². The van der Waals surface area contributed by atoms with Crippen molar-refractivity contribution < 1.29 is 14.2 Å². The van der Waals surface area contributed by atoms with Crippen LogP contribution in [-0.2, 0) is 11.3 Å². The lowest BCUT2D eigenvalue weighted by Gasteiger charge is -2.11. The maximum absolute atomic E-state index is 5.59. The minimum absolute atomic E-state index is 0.405. The highest BCUT2D eigenvalue weighted by Crippen LogP contribution is 2.31. The van der Waals surface area contributed by atoms with Crippen molar-refractivity contribution >= 4 is 0 Å². The zero-order valence-electron chi connectivity index (χ0n) is 12.0. The average molecular weight is 277 g/mol. The van der Waals surface area contributed by atoms with Crippen LogP contribution in [0.1, 0.15) is 19.7 Å². The first-order valence-electron chi connectivity index (χ1n) is 6.58. The molecule has 0 bridgehead atoms. The standard InChI is InChI=1S/C14H19N3O3/c1-4-19-11-7-6-10(8-12(11)20-5-2)14-15-13(9-18-3)16-17-14/h6-8H,4-5,9H2,1-3H3,(H,15,16,17). The van der Waals surface area contributed by atoms with E-state index in [1.54, 1.807) is 7.11 Å². The molecule has 108 valence electrons. The monoisotopic (exact) mass is 277 g/mol. The molecule has 6 nitrogen and oxygen atoms in total. The Morgan fingerprint density at radius 1 is 1.10 bits per heavy atom. The highest BCUT2D eigenvalue weighted by molar-refractivity contribution is 5.60. The Kier molecular flexibility index (Phi) is 4.95. The molecule has 1 N–H and O–H groups in total. The summed E-state index contributed by atoms with van der Waals surface area (Å²) >= 11 is 0. The number of aromatic amines is 1. The van der Waals surface area contributed by atoms with Crippen molar-refractivity contribution in [1.82, 2.24) is 15.2 Å². The van der Waals surface area contributed by atoms with Crippen LogP contribution in [0, 0.1) is 0 Å². The number of nitrogens with one attached hydrogen (secondary N) is 1. The third-order valence-corrected chi connectivity index (χ3v) is 2.61. The summed E-state index contributed by atoms with van der Waals surface area (Å²) in [6, 6.07) is 5.66. The molecule has 0 saturated carbocycles. The molecule has 20 heavy (non-hydrogen) atoms. The Hall–Kier alpha value is -2.08. The molecule has 0 aliphatic heterocycles. The van der Waals surface area contributed by atoms with E-state index in [1.807, 2.05) is 32.0 Å². The first-order chi connectivity index (χ1) is 9.78. The third kappa shape index (κ3) is 3.27. The van der Waals surface area contributed by atoms with Gasteiger partial charge in [-0.15, -0.1) is 0 Å². The molecular weight excluding hydrogens is 258 g/mol. The molecule has 0 aliphatic carbocycles. The van der Waals surface area contributed by atoms with Crippen molar-refractivity contribution in [3.63, 3.8) is 0 Å². The van der Waals surface area contributed by atoms with E-state index < -0.39 is 0 Å². The van der Waals surface area contributed by atoms with Crippen molar-refractivity contribution in [2.45, 2.75) is 20.5 Å². The summed E-state index contributed by atoms with van der Waals surface area (Å²) in [7, 11) is 1.62. The Labute approximate surface area is 118 Å². The van der Waals surface area contributed by atoms with E-state index in [1.165, 1.54) is 0 Å². The van der Waals surface area contributed by atoms with Crippen LogP contribution in [0.25, 0.3) is 11.4 Å². The zero-order chi connectivity index (χ0) is 14.4. The highest BCUT2D eigenvalue weighted by Gasteiger charge is 2.11. The molecule has 0 aliphatic rings. The van der Waals surface area contributed by atoms with Crippen molar-refractivity contribution in [1.29, 1.82) is 0 Å². The molecule has 2 aromatic rings. The van der Waals surface area contributed by atoms with Gasteiger partial charge >= 0.3 is 0 Å². The number of rotatable bonds is 7. The summed E-state index contributed by atoms with van der Waals surface area (Å²) in [5.74, 6) is 2.73. The van der Waals surface area contributed by atoms with Crippen molar-refractivity contribution in [2.75, 3.05) is 20.3 Å². The number of H-pyrrole nitrogens is 1. The van der Waals surface area contributed by atoms with E-state index in [0.29, 0.717) is 37.2 Å². The maximum Gasteiger partial charge on any atom is 0.181 e. The molecule has 0 spiro atoms. The van der Waals surface area contributed by atoms with Gasteiger partial charge in [-0.2, -0.15) is 5.10 Å². The van der Waals surface area contributed by atoms with Crippen LogP contribution in [0.2, 0.25) is 0 Å². The Bertz CT molecular complexity index is 554. The van der Waals surface area contributed by atoms with Gasteiger partial charge in [0.2, 0.25) is 0 Å². The summed E-state index contributed by atoms with van der Waals surface area (Å²) in [6.07, 6.45) is 0. The topological polar surface area (TPSA) is 69.3 Å². The van der Waals surface area contributed by atoms with Crippen LogP contribution in [0.4, 0.5) is 0 Å². The lowest BCUT2D eigenvalue weighted by molar-refractivity contribution is 0.178. The van der Waals surface area contributed by atoms with Crippen LogP contribution >= 0.6 is 0 Å². The minimum Gasteiger partial charge on any atom is -0.490 e. The second-order valence-corrected chi connectivity index (χ2v) is 4.07. The van der Waals surface area contributed by atoms with Gasteiger partial charge in [0.1, 0.15) is 6.61 Å². The van der Waals surface area contributed by atoms with Gasteiger partial charge in [-0.25, -0.2) is 4.98 Å². The zero-order valence-corrected chi connectivity index (χ0v) is 12.0. The average Bonchev–Trinajstić information content (AvgIpc) is 2.90.